The Morgan fingerprint density at radius 3 is 2.81 bits per heavy atom. The van der Waals surface area contributed by atoms with Crippen LogP contribution >= 0.6 is 0 Å². The summed E-state index contributed by atoms with van der Waals surface area (Å²) in [5, 5.41) is 22.7. The monoisotopic (exact) mass is 294 g/mol. The van der Waals surface area contributed by atoms with E-state index in [1.807, 2.05) is 20.8 Å². The first-order chi connectivity index (χ1) is 9.82. The van der Waals surface area contributed by atoms with Crippen LogP contribution in [0.15, 0.2) is 12.1 Å². The zero-order chi connectivity index (χ0) is 15.6. The Morgan fingerprint density at radius 1 is 1.57 bits per heavy atom. The maximum atomic E-state index is 11.2. The smallest absolute Gasteiger partial charge is 0.335 e. The molecule has 3 N–H and O–H groups in total. The number of hydrogen-bond acceptors (Lipinski definition) is 5. The molecule has 2 atom stereocenters. The second-order valence-corrected chi connectivity index (χ2v) is 5.85. The summed E-state index contributed by atoms with van der Waals surface area (Å²) in [4.78, 5) is 15.6. The first-order valence-electron chi connectivity index (χ1n) is 7.15. The second kappa shape index (κ2) is 5.99. The molecule has 1 aromatic heterocycles. The zero-order valence-corrected chi connectivity index (χ0v) is 12.6. The van der Waals surface area contributed by atoms with Gasteiger partial charge in [-0.1, -0.05) is 13.8 Å². The molecule has 0 amide bonds. The van der Waals surface area contributed by atoms with E-state index in [9.17, 15) is 9.90 Å². The van der Waals surface area contributed by atoms with Crippen LogP contribution in [0.25, 0.3) is 0 Å². The highest BCUT2D eigenvalue weighted by molar-refractivity contribution is 5.88. The number of aromatic nitrogens is 1. The van der Waals surface area contributed by atoms with E-state index in [-0.39, 0.29) is 24.1 Å². The van der Waals surface area contributed by atoms with E-state index < -0.39 is 11.6 Å². The van der Waals surface area contributed by atoms with Gasteiger partial charge in [0.15, 0.2) is 0 Å². The summed E-state index contributed by atoms with van der Waals surface area (Å²) in [6.07, 6.45) is 0.300. The van der Waals surface area contributed by atoms with Crippen LogP contribution in [0.5, 0.6) is 0 Å². The average molecular weight is 294 g/mol. The number of rotatable bonds is 5. The number of ether oxygens (including phenoxy) is 1. The van der Waals surface area contributed by atoms with Gasteiger partial charge in [0.1, 0.15) is 11.4 Å². The second-order valence-electron chi connectivity index (χ2n) is 5.85. The standard InChI is InChI=1S/C15H22N2O4/c1-9(2)12-6-11(14(18)19)7-13(17-12)16-8-15(20)4-5-21-10(15)3/h6-7,9-10,20H,4-5,8H2,1-3H3,(H,16,17)(H,18,19). The number of aromatic carboxylic acids is 1. The van der Waals surface area contributed by atoms with E-state index >= 15 is 0 Å². The molecule has 0 spiro atoms. The van der Waals surface area contributed by atoms with Gasteiger partial charge in [0, 0.05) is 25.3 Å². The number of carboxylic acid groups (broad SMARTS) is 1. The minimum absolute atomic E-state index is 0.127. The van der Waals surface area contributed by atoms with Crippen molar-refractivity contribution in [1.29, 1.82) is 0 Å². The molecule has 1 aliphatic rings. The zero-order valence-electron chi connectivity index (χ0n) is 12.6. The van der Waals surface area contributed by atoms with Crippen LogP contribution in [0.1, 0.15) is 49.2 Å². The summed E-state index contributed by atoms with van der Waals surface area (Å²) in [7, 11) is 0. The maximum absolute atomic E-state index is 11.2. The topological polar surface area (TPSA) is 91.7 Å². The van der Waals surface area contributed by atoms with Crippen molar-refractivity contribution in [3.63, 3.8) is 0 Å². The molecule has 1 aliphatic heterocycles. The molecule has 0 saturated carbocycles. The number of carbonyl (C=O) groups is 1. The molecular weight excluding hydrogens is 272 g/mol. The van der Waals surface area contributed by atoms with Crippen molar-refractivity contribution < 1.29 is 19.7 Å². The highest BCUT2D eigenvalue weighted by Gasteiger charge is 2.39. The lowest BCUT2D eigenvalue weighted by Gasteiger charge is -2.26. The lowest BCUT2D eigenvalue weighted by molar-refractivity contribution is -0.0176. The number of nitrogens with one attached hydrogen (secondary N) is 1. The van der Waals surface area contributed by atoms with Gasteiger partial charge in [-0.3, -0.25) is 0 Å². The quantitative estimate of drug-likeness (QED) is 0.767. The Kier molecular flexibility index (Phi) is 4.49. The van der Waals surface area contributed by atoms with Crippen LogP contribution in [-0.4, -0.2) is 46.0 Å². The lowest BCUT2D eigenvalue weighted by Crippen LogP contribution is -2.43. The molecule has 2 rings (SSSR count). The van der Waals surface area contributed by atoms with Gasteiger partial charge in [-0.2, -0.15) is 0 Å². The molecule has 1 fully saturated rings. The van der Waals surface area contributed by atoms with Crippen molar-refractivity contribution >= 4 is 11.8 Å². The third-order valence-corrected chi connectivity index (χ3v) is 3.92. The first-order valence-corrected chi connectivity index (χ1v) is 7.15. The van der Waals surface area contributed by atoms with Crippen LogP contribution < -0.4 is 5.32 Å². The lowest BCUT2D eigenvalue weighted by atomic mass is 9.97. The molecular formula is C15H22N2O4. The number of hydrogen-bond donors (Lipinski definition) is 3. The predicted molar refractivity (Wildman–Crippen MR) is 78.8 cm³/mol. The Hall–Kier alpha value is -1.66. The minimum Gasteiger partial charge on any atom is -0.478 e. The third kappa shape index (κ3) is 3.51. The largest absolute Gasteiger partial charge is 0.478 e. The van der Waals surface area contributed by atoms with E-state index in [1.54, 1.807) is 6.07 Å². The first kappa shape index (κ1) is 15.7. The number of anilines is 1. The fraction of sp³-hybridized carbons (Fsp3) is 0.600. The molecule has 2 unspecified atom stereocenters. The summed E-state index contributed by atoms with van der Waals surface area (Å²) in [6.45, 7) is 6.55. The van der Waals surface area contributed by atoms with Crippen molar-refractivity contribution in [2.75, 3.05) is 18.5 Å². The molecule has 0 aromatic carbocycles. The van der Waals surface area contributed by atoms with Gasteiger partial charge in [0.2, 0.25) is 0 Å². The van der Waals surface area contributed by atoms with Gasteiger partial charge in [-0.25, -0.2) is 9.78 Å². The Labute approximate surface area is 124 Å². The number of nitrogens with zero attached hydrogens (tertiary/aromatic N) is 1. The highest BCUT2D eigenvalue weighted by atomic mass is 16.5. The van der Waals surface area contributed by atoms with Gasteiger partial charge >= 0.3 is 5.97 Å². The molecule has 1 saturated heterocycles. The van der Waals surface area contributed by atoms with Crippen LogP contribution in [-0.2, 0) is 4.74 Å². The Balaban J connectivity index is 2.17. The number of pyridine rings is 1. The van der Waals surface area contributed by atoms with Crippen molar-refractivity contribution in [3.8, 4) is 0 Å². The van der Waals surface area contributed by atoms with Crippen LogP contribution in [0, 0.1) is 0 Å². The van der Waals surface area contributed by atoms with Crippen molar-refractivity contribution in [3.05, 3.63) is 23.4 Å². The summed E-state index contributed by atoms with van der Waals surface area (Å²) in [6, 6.07) is 3.06. The summed E-state index contributed by atoms with van der Waals surface area (Å²) in [5.41, 5.74) is -0.0437. The van der Waals surface area contributed by atoms with Crippen molar-refractivity contribution in [2.45, 2.75) is 44.8 Å². The van der Waals surface area contributed by atoms with Gasteiger partial charge in [0.25, 0.3) is 0 Å². The molecule has 21 heavy (non-hydrogen) atoms. The summed E-state index contributed by atoms with van der Waals surface area (Å²) >= 11 is 0. The van der Waals surface area contributed by atoms with E-state index in [0.717, 1.165) is 0 Å². The third-order valence-electron chi connectivity index (χ3n) is 3.92. The number of aliphatic hydroxyl groups is 1. The fourth-order valence-electron chi connectivity index (χ4n) is 2.31. The van der Waals surface area contributed by atoms with E-state index in [4.69, 9.17) is 9.84 Å². The Bertz CT molecular complexity index is 532. The Morgan fingerprint density at radius 2 is 2.29 bits per heavy atom. The van der Waals surface area contributed by atoms with Crippen LogP contribution in [0.3, 0.4) is 0 Å². The fourth-order valence-corrected chi connectivity index (χ4v) is 2.31. The van der Waals surface area contributed by atoms with Crippen LogP contribution in [0.4, 0.5) is 5.82 Å². The predicted octanol–water partition coefficient (Wildman–Crippen LogP) is 1.85. The molecule has 116 valence electrons. The van der Waals surface area contributed by atoms with E-state index in [2.05, 4.69) is 10.3 Å². The minimum atomic E-state index is -0.987. The number of carboxylic acids is 1. The van der Waals surface area contributed by atoms with E-state index in [0.29, 0.717) is 24.5 Å². The molecule has 1 aromatic rings. The summed E-state index contributed by atoms with van der Waals surface area (Å²) in [5.74, 6) is -0.397. The van der Waals surface area contributed by atoms with Gasteiger partial charge < -0.3 is 20.3 Å². The average Bonchev–Trinajstić information content (AvgIpc) is 2.76. The molecule has 0 bridgehead atoms. The van der Waals surface area contributed by atoms with Crippen LogP contribution in [0.2, 0.25) is 0 Å². The maximum Gasteiger partial charge on any atom is 0.335 e. The molecule has 6 heteroatoms. The normalized spacial score (nSPS) is 25.3. The van der Waals surface area contributed by atoms with Gasteiger partial charge in [-0.15, -0.1) is 0 Å². The molecule has 0 aliphatic carbocycles. The van der Waals surface area contributed by atoms with E-state index in [1.165, 1.54) is 6.07 Å². The highest BCUT2D eigenvalue weighted by Crippen LogP contribution is 2.26. The van der Waals surface area contributed by atoms with Crippen molar-refractivity contribution in [2.24, 2.45) is 0 Å². The van der Waals surface area contributed by atoms with Crippen molar-refractivity contribution in [1.82, 2.24) is 4.98 Å². The van der Waals surface area contributed by atoms with Gasteiger partial charge in [-0.05, 0) is 25.0 Å². The molecule has 2 heterocycles. The molecule has 6 nitrogen and oxygen atoms in total. The SMILES string of the molecule is CC(C)c1cc(C(=O)O)cc(NCC2(O)CCOC2C)n1. The summed E-state index contributed by atoms with van der Waals surface area (Å²) < 4.78 is 5.38. The van der Waals surface area contributed by atoms with Gasteiger partial charge in [0.05, 0.1) is 11.7 Å². The molecule has 0 radical (unpaired) electrons.